The number of fused-ring (bicyclic) bond motifs is 1. The molecule has 0 bridgehead atoms. The molecule has 0 saturated heterocycles. The van der Waals surface area contributed by atoms with E-state index in [1.807, 2.05) is 35.6 Å². The third-order valence-electron chi connectivity index (χ3n) is 4.22. The lowest BCUT2D eigenvalue weighted by atomic mass is 9.92. The molecule has 4 nitrogen and oxygen atoms in total. The molecule has 0 N–H and O–H groups in total. The van der Waals surface area contributed by atoms with E-state index in [2.05, 4.69) is 0 Å². The molecule has 130 valence electrons. The molecule has 3 aromatic rings. The van der Waals surface area contributed by atoms with Crippen molar-refractivity contribution in [3.05, 3.63) is 87.2 Å². The van der Waals surface area contributed by atoms with Gasteiger partial charge in [-0.25, -0.2) is 0 Å². The number of nitro groups is 1. The lowest BCUT2D eigenvalue weighted by Crippen LogP contribution is -2.17. The number of rotatable bonds is 4. The van der Waals surface area contributed by atoms with Gasteiger partial charge in [-0.2, -0.15) is 13.2 Å². The molecule has 7 heteroatoms. The summed E-state index contributed by atoms with van der Waals surface area (Å²) >= 11 is 0. The number of hydrogen-bond donors (Lipinski definition) is 0. The average molecular weight is 348 g/mol. The standard InChI is InChI=1S/C18H15F3N2O2/c1-12-10-15-4-2-3-9-22(15)17(12)16(11-23(24)25)13-5-7-14(8-6-13)18(19,20)21/h2-10,16H,11H2,1H3/t16-/m1/s1. The second-order valence-corrected chi connectivity index (χ2v) is 5.90. The molecule has 0 saturated carbocycles. The highest BCUT2D eigenvalue weighted by Gasteiger charge is 2.31. The first-order valence-corrected chi connectivity index (χ1v) is 7.63. The van der Waals surface area contributed by atoms with Gasteiger partial charge in [-0.3, -0.25) is 10.1 Å². The number of nitrogens with zero attached hydrogens (tertiary/aromatic N) is 2. The Bertz CT molecular complexity index is 914. The van der Waals surface area contributed by atoms with Gasteiger partial charge in [0.15, 0.2) is 0 Å². The lowest BCUT2D eigenvalue weighted by molar-refractivity contribution is -0.482. The van der Waals surface area contributed by atoms with Gasteiger partial charge < -0.3 is 4.40 Å². The van der Waals surface area contributed by atoms with E-state index in [1.54, 1.807) is 6.20 Å². The van der Waals surface area contributed by atoms with Gasteiger partial charge in [0.1, 0.15) is 0 Å². The number of aromatic nitrogens is 1. The van der Waals surface area contributed by atoms with Gasteiger partial charge in [0.05, 0.1) is 11.5 Å². The lowest BCUT2D eigenvalue weighted by Gasteiger charge is -2.16. The smallest absolute Gasteiger partial charge is 0.320 e. The Labute approximate surface area is 141 Å². The number of pyridine rings is 1. The van der Waals surface area contributed by atoms with Crippen LogP contribution >= 0.6 is 0 Å². The van der Waals surface area contributed by atoms with Gasteiger partial charge in [-0.15, -0.1) is 0 Å². The van der Waals surface area contributed by atoms with Crippen molar-refractivity contribution in [3.63, 3.8) is 0 Å². The Morgan fingerprint density at radius 3 is 2.44 bits per heavy atom. The van der Waals surface area contributed by atoms with Crippen LogP contribution in [0.25, 0.3) is 5.52 Å². The Hall–Kier alpha value is -2.83. The molecule has 0 aliphatic carbocycles. The van der Waals surface area contributed by atoms with E-state index in [4.69, 9.17) is 0 Å². The minimum atomic E-state index is -4.44. The zero-order valence-corrected chi connectivity index (χ0v) is 13.3. The van der Waals surface area contributed by atoms with Crippen LogP contribution < -0.4 is 0 Å². The largest absolute Gasteiger partial charge is 0.416 e. The topological polar surface area (TPSA) is 47.5 Å². The highest BCUT2D eigenvalue weighted by molar-refractivity contribution is 5.55. The summed E-state index contributed by atoms with van der Waals surface area (Å²) in [6.45, 7) is 1.45. The van der Waals surface area contributed by atoms with Gasteiger partial charge in [-0.1, -0.05) is 18.2 Å². The summed E-state index contributed by atoms with van der Waals surface area (Å²) in [7, 11) is 0. The maximum absolute atomic E-state index is 12.8. The summed E-state index contributed by atoms with van der Waals surface area (Å²) in [6.07, 6.45) is -2.64. The summed E-state index contributed by atoms with van der Waals surface area (Å²) < 4.78 is 40.1. The van der Waals surface area contributed by atoms with E-state index in [0.29, 0.717) is 11.3 Å². The maximum atomic E-state index is 12.8. The van der Waals surface area contributed by atoms with Crippen LogP contribution in [-0.2, 0) is 6.18 Å². The molecule has 0 radical (unpaired) electrons. The van der Waals surface area contributed by atoms with Crippen LogP contribution in [0.1, 0.15) is 28.3 Å². The predicted molar refractivity (Wildman–Crippen MR) is 87.3 cm³/mol. The first-order chi connectivity index (χ1) is 11.8. The molecule has 0 spiro atoms. The van der Waals surface area contributed by atoms with Gasteiger partial charge in [0.2, 0.25) is 6.54 Å². The van der Waals surface area contributed by atoms with Crippen molar-refractivity contribution in [2.75, 3.05) is 6.54 Å². The summed E-state index contributed by atoms with van der Waals surface area (Å²) in [6, 6.07) is 12.0. The Morgan fingerprint density at radius 2 is 1.84 bits per heavy atom. The molecule has 0 aliphatic rings. The van der Waals surface area contributed by atoms with E-state index in [-0.39, 0.29) is 0 Å². The second-order valence-electron chi connectivity index (χ2n) is 5.90. The molecular formula is C18H15F3N2O2. The fraction of sp³-hybridized carbons (Fsp3) is 0.222. The van der Waals surface area contributed by atoms with Gasteiger partial charge in [-0.05, 0) is 48.4 Å². The van der Waals surface area contributed by atoms with Crippen molar-refractivity contribution in [2.24, 2.45) is 0 Å². The Kier molecular flexibility index (Phi) is 4.24. The van der Waals surface area contributed by atoms with Crippen LogP contribution in [0.4, 0.5) is 13.2 Å². The van der Waals surface area contributed by atoms with Gasteiger partial charge >= 0.3 is 6.18 Å². The van der Waals surface area contributed by atoms with E-state index >= 15 is 0 Å². The van der Waals surface area contributed by atoms with E-state index in [9.17, 15) is 23.3 Å². The minimum Gasteiger partial charge on any atom is -0.320 e. The van der Waals surface area contributed by atoms with Crippen molar-refractivity contribution in [1.82, 2.24) is 4.40 Å². The van der Waals surface area contributed by atoms with Crippen molar-refractivity contribution in [3.8, 4) is 0 Å². The first kappa shape index (κ1) is 17.0. The molecule has 0 fully saturated rings. The Morgan fingerprint density at radius 1 is 1.16 bits per heavy atom. The van der Waals surface area contributed by atoms with Crippen LogP contribution in [0.15, 0.2) is 54.7 Å². The number of aryl methyl sites for hydroxylation is 1. The molecule has 0 amide bonds. The summed E-state index contributed by atoms with van der Waals surface area (Å²) in [5, 5.41) is 11.2. The van der Waals surface area contributed by atoms with Gasteiger partial charge in [0.25, 0.3) is 0 Å². The number of benzene rings is 1. The van der Waals surface area contributed by atoms with Crippen molar-refractivity contribution >= 4 is 5.52 Å². The molecule has 2 aromatic heterocycles. The second kappa shape index (κ2) is 6.23. The fourth-order valence-electron chi connectivity index (χ4n) is 3.13. The summed E-state index contributed by atoms with van der Waals surface area (Å²) in [5.41, 5.74) is 2.17. The monoisotopic (exact) mass is 348 g/mol. The third-order valence-corrected chi connectivity index (χ3v) is 4.22. The maximum Gasteiger partial charge on any atom is 0.416 e. The van der Waals surface area contributed by atoms with Crippen LogP contribution in [-0.4, -0.2) is 15.9 Å². The van der Waals surface area contributed by atoms with Crippen molar-refractivity contribution in [2.45, 2.75) is 19.0 Å². The van der Waals surface area contributed by atoms with E-state index in [0.717, 1.165) is 23.2 Å². The van der Waals surface area contributed by atoms with E-state index in [1.165, 1.54) is 12.1 Å². The fourth-order valence-corrected chi connectivity index (χ4v) is 3.13. The van der Waals surface area contributed by atoms with Crippen LogP contribution in [0.5, 0.6) is 0 Å². The Balaban J connectivity index is 2.11. The highest BCUT2D eigenvalue weighted by atomic mass is 19.4. The number of halogens is 3. The number of alkyl halides is 3. The van der Waals surface area contributed by atoms with Crippen LogP contribution in [0.3, 0.4) is 0 Å². The molecule has 25 heavy (non-hydrogen) atoms. The van der Waals surface area contributed by atoms with Crippen molar-refractivity contribution < 1.29 is 18.1 Å². The molecule has 0 unspecified atom stereocenters. The van der Waals surface area contributed by atoms with E-state index < -0.39 is 29.1 Å². The predicted octanol–water partition coefficient (Wildman–Crippen LogP) is 4.68. The SMILES string of the molecule is Cc1cc2ccccn2c1[C@H](C[N+](=O)[O-])c1ccc(C(F)(F)F)cc1. The molecule has 2 heterocycles. The number of hydrogen-bond acceptors (Lipinski definition) is 2. The molecule has 0 aliphatic heterocycles. The first-order valence-electron chi connectivity index (χ1n) is 7.63. The molecule has 1 aromatic carbocycles. The zero-order chi connectivity index (χ0) is 18.2. The molecule has 1 atom stereocenters. The highest BCUT2D eigenvalue weighted by Crippen LogP contribution is 2.33. The van der Waals surface area contributed by atoms with Gasteiger partial charge in [0, 0.05) is 22.3 Å². The molecule has 3 rings (SSSR count). The van der Waals surface area contributed by atoms with Crippen LogP contribution in [0.2, 0.25) is 0 Å². The minimum absolute atomic E-state index is 0.396. The molecular weight excluding hydrogens is 333 g/mol. The normalized spacial score (nSPS) is 13.1. The third kappa shape index (κ3) is 3.35. The van der Waals surface area contributed by atoms with Crippen molar-refractivity contribution in [1.29, 1.82) is 0 Å². The van der Waals surface area contributed by atoms with Crippen LogP contribution in [0, 0.1) is 17.0 Å². The summed E-state index contributed by atoms with van der Waals surface area (Å²) in [5.74, 6) is -0.637. The quantitative estimate of drug-likeness (QED) is 0.508. The summed E-state index contributed by atoms with van der Waals surface area (Å²) in [4.78, 5) is 10.7. The average Bonchev–Trinajstić information content (AvgIpc) is 2.87. The zero-order valence-electron chi connectivity index (χ0n) is 13.3.